The first-order chi connectivity index (χ1) is 14.2. The topological polar surface area (TPSA) is 88.3 Å². The number of pyridine rings is 1. The van der Waals surface area contributed by atoms with E-state index in [9.17, 15) is 17.2 Å². The summed E-state index contributed by atoms with van der Waals surface area (Å²) >= 11 is 5.48. The van der Waals surface area contributed by atoms with Crippen LogP contribution in [0.3, 0.4) is 0 Å². The average Bonchev–Trinajstić information content (AvgIpc) is 2.73. The third kappa shape index (κ3) is 5.56. The van der Waals surface area contributed by atoms with Crippen LogP contribution in [0.5, 0.6) is 0 Å². The van der Waals surface area contributed by atoms with Gasteiger partial charge in [-0.15, -0.1) is 0 Å². The maximum Gasteiger partial charge on any atom is 0.238 e. The first kappa shape index (κ1) is 21.8. The van der Waals surface area contributed by atoms with Crippen molar-refractivity contribution in [2.24, 2.45) is 5.14 Å². The Balaban J connectivity index is 1.89. The van der Waals surface area contributed by atoms with Crippen molar-refractivity contribution >= 4 is 33.0 Å². The summed E-state index contributed by atoms with van der Waals surface area (Å²) < 4.78 is 50.9. The zero-order chi connectivity index (χ0) is 21.7. The van der Waals surface area contributed by atoms with Gasteiger partial charge < -0.3 is 10.2 Å². The molecular formula is C20H18F2N4O2S2. The van der Waals surface area contributed by atoms with Crippen LogP contribution in [0.25, 0.3) is 0 Å². The normalized spacial score (nSPS) is 11.2. The molecular weight excluding hydrogens is 430 g/mol. The van der Waals surface area contributed by atoms with Crippen LogP contribution in [0.1, 0.15) is 11.1 Å². The molecule has 1 heterocycles. The Bertz CT molecular complexity index is 1140. The number of halogens is 2. The summed E-state index contributed by atoms with van der Waals surface area (Å²) in [5, 5.41) is 8.46. The SMILES string of the molecule is NS(=O)(=O)c1ccc(N(Cc2cc(F)ccc2F)C(=S)NCc2ccncc2)cc1. The van der Waals surface area contributed by atoms with E-state index in [1.807, 2.05) is 12.1 Å². The van der Waals surface area contributed by atoms with Crippen molar-refractivity contribution in [1.82, 2.24) is 10.3 Å². The molecule has 3 rings (SSSR count). The van der Waals surface area contributed by atoms with Crippen LogP contribution in [0, 0.1) is 11.6 Å². The number of hydrogen-bond acceptors (Lipinski definition) is 4. The maximum absolute atomic E-state index is 14.2. The van der Waals surface area contributed by atoms with E-state index in [-0.39, 0.29) is 22.1 Å². The van der Waals surface area contributed by atoms with Crippen molar-refractivity contribution in [3.05, 3.63) is 89.8 Å². The molecule has 0 aliphatic heterocycles. The molecule has 0 saturated carbocycles. The summed E-state index contributed by atoms with van der Waals surface area (Å²) in [6.45, 7) is 0.319. The number of hydrogen-bond donors (Lipinski definition) is 2. The van der Waals surface area contributed by atoms with Crippen molar-refractivity contribution in [3.8, 4) is 0 Å². The Morgan fingerprint density at radius 2 is 1.73 bits per heavy atom. The van der Waals surface area contributed by atoms with Gasteiger partial charge in [-0.2, -0.15) is 0 Å². The molecule has 2 aromatic carbocycles. The van der Waals surface area contributed by atoms with Crippen LogP contribution in [-0.4, -0.2) is 18.5 Å². The fraction of sp³-hybridized carbons (Fsp3) is 0.100. The zero-order valence-corrected chi connectivity index (χ0v) is 17.3. The van der Waals surface area contributed by atoms with Gasteiger partial charge in [0.1, 0.15) is 11.6 Å². The number of thiocarbonyl (C=S) groups is 1. The predicted molar refractivity (Wildman–Crippen MR) is 114 cm³/mol. The van der Waals surface area contributed by atoms with Gasteiger partial charge in [-0.3, -0.25) is 4.98 Å². The number of anilines is 1. The Labute approximate surface area is 178 Å². The smallest absolute Gasteiger partial charge is 0.238 e. The van der Waals surface area contributed by atoms with Gasteiger partial charge in [-0.05, 0) is 72.4 Å². The summed E-state index contributed by atoms with van der Waals surface area (Å²) in [7, 11) is -3.87. The molecule has 0 aliphatic rings. The first-order valence-corrected chi connectivity index (χ1v) is 10.7. The predicted octanol–water partition coefficient (Wildman–Crippen LogP) is 3.09. The van der Waals surface area contributed by atoms with Crippen molar-refractivity contribution < 1.29 is 17.2 Å². The van der Waals surface area contributed by atoms with Gasteiger partial charge in [0.25, 0.3) is 0 Å². The second-order valence-electron chi connectivity index (χ2n) is 6.37. The van der Waals surface area contributed by atoms with Crippen molar-refractivity contribution in [2.75, 3.05) is 4.90 Å². The molecule has 30 heavy (non-hydrogen) atoms. The minimum absolute atomic E-state index is 0.0690. The molecule has 3 aromatic rings. The van der Waals surface area contributed by atoms with Crippen LogP contribution in [-0.2, 0) is 23.1 Å². The van der Waals surface area contributed by atoms with Gasteiger partial charge in [0.15, 0.2) is 5.11 Å². The molecule has 3 N–H and O–H groups in total. The van der Waals surface area contributed by atoms with Gasteiger partial charge in [-0.1, -0.05) is 0 Å². The van der Waals surface area contributed by atoms with E-state index in [2.05, 4.69) is 10.3 Å². The lowest BCUT2D eigenvalue weighted by molar-refractivity contribution is 0.585. The van der Waals surface area contributed by atoms with Gasteiger partial charge >= 0.3 is 0 Å². The van der Waals surface area contributed by atoms with Crippen LogP contribution >= 0.6 is 12.2 Å². The Hall–Kier alpha value is -2.95. The lowest BCUT2D eigenvalue weighted by atomic mass is 10.2. The minimum atomic E-state index is -3.87. The quantitative estimate of drug-likeness (QED) is 0.564. The summed E-state index contributed by atoms with van der Waals surface area (Å²) in [4.78, 5) is 5.42. The summed E-state index contributed by atoms with van der Waals surface area (Å²) in [6.07, 6.45) is 3.29. The highest BCUT2D eigenvalue weighted by Gasteiger charge is 2.17. The number of nitrogens with two attached hydrogens (primary N) is 1. The number of benzene rings is 2. The number of aromatic nitrogens is 1. The maximum atomic E-state index is 14.2. The highest BCUT2D eigenvalue weighted by molar-refractivity contribution is 7.89. The minimum Gasteiger partial charge on any atom is -0.358 e. The molecule has 10 heteroatoms. The van der Waals surface area contributed by atoms with Gasteiger partial charge in [-0.25, -0.2) is 22.3 Å². The molecule has 156 valence electrons. The van der Waals surface area contributed by atoms with E-state index in [1.54, 1.807) is 17.3 Å². The molecule has 0 aliphatic carbocycles. The molecule has 0 unspecified atom stereocenters. The van der Waals surface area contributed by atoms with Gasteiger partial charge in [0.2, 0.25) is 10.0 Å². The van der Waals surface area contributed by atoms with E-state index in [0.717, 1.165) is 23.8 Å². The van der Waals surface area contributed by atoms with E-state index in [4.69, 9.17) is 17.4 Å². The molecule has 0 radical (unpaired) electrons. The largest absolute Gasteiger partial charge is 0.358 e. The fourth-order valence-electron chi connectivity index (χ4n) is 2.70. The molecule has 6 nitrogen and oxygen atoms in total. The van der Waals surface area contributed by atoms with Crippen LogP contribution in [0.2, 0.25) is 0 Å². The fourth-order valence-corrected chi connectivity index (χ4v) is 3.46. The summed E-state index contributed by atoms with van der Waals surface area (Å²) in [5.74, 6) is -1.16. The average molecular weight is 449 g/mol. The standard InChI is InChI=1S/C20H18F2N4O2S2/c21-16-1-6-19(22)15(11-16)13-26(17-2-4-18(5-3-17)30(23,27)28)20(29)25-12-14-7-9-24-10-8-14/h1-11H,12-13H2,(H,25,29)(H2,23,27,28). The van der Waals surface area contributed by atoms with Crippen molar-refractivity contribution in [2.45, 2.75) is 18.0 Å². The highest BCUT2D eigenvalue weighted by atomic mass is 32.2. The number of nitrogens with zero attached hydrogens (tertiary/aromatic N) is 2. The van der Waals surface area contributed by atoms with E-state index in [1.165, 1.54) is 24.3 Å². The van der Waals surface area contributed by atoms with Gasteiger partial charge in [0.05, 0.1) is 11.4 Å². The van der Waals surface area contributed by atoms with Gasteiger partial charge in [0, 0.05) is 30.2 Å². The van der Waals surface area contributed by atoms with E-state index >= 15 is 0 Å². The Kier molecular flexibility index (Phi) is 6.70. The second kappa shape index (κ2) is 9.24. The third-order valence-electron chi connectivity index (χ3n) is 4.25. The lowest BCUT2D eigenvalue weighted by Crippen LogP contribution is -2.39. The molecule has 0 atom stereocenters. The first-order valence-electron chi connectivity index (χ1n) is 8.75. The lowest BCUT2D eigenvalue weighted by Gasteiger charge is -2.26. The molecule has 0 saturated heterocycles. The monoisotopic (exact) mass is 448 g/mol. The summed E-state index contributed by atoms with van der Waals surface area (Å²) in [6, 6.07) is 12.4. The summed E-state index contributed by atoms with van der Waals surface area (Å²) in [5.41, 5.74) is 1.51. The van der Waals surface area contributed by atoms with Crippen LogP contribution in [0.15, 0.2) is 71.9 Å². The number of nitrogens with one attached hydrogen (secondary N) is 1. The number of sulfonamides is 1. The van der Waals surface area contributed by atoms with E-state index in [0.29, 0.717) is 12.2 Å². The number of primary sulfonamides is 1. The Morgan fingerprint density at radius 3 is 2.37 bits per heavy atom. The molecule has 0 bridgehead atoms. The van der Waals surface area contributed by atoms with Crippen LogP contribution < -0.4 is 15.4 Å². The second-order valence-corrected chi connectivity index (χ2v) is 8.32. The highest BCUT2D eigenvalue weighted by Crippen LogP contribution is 2.22. The molecule has 0 spiro atoms. The molecule has 0 amide bonds. The van der Waals surface area contributed by atoms with Crippen molar-refractivity contribution in [1.29, 1.82) is 0 Å². The Morgan fingerprint density at radius 1 is 1.07 bits per heavy atom. The third-order valence-corrected chi connectivity index (χ3v) is 5.55. The van der Waals surface area contributed by atoms with E-state index < -0.39 is 21.7 Å². The molecule has 1 aromatic heterocycles. The molecule has 0 fully saturated rings. The zero-order valence-electron chi connectivity index (χ0n) is 15.6. The number of rotatable bonds is 6. The van der Waals surface area contributed by atoms with Crippen molar-refractivity contribution in [3.63, 3.8) is 0 Å². The van der Waals surface area contributed by atoms with Crippen LogP contribution in [0.4, 0.5) is 14.5 Å².